The normalized spacial score (nSPS) is 12.2. The molecule has 3 N–H and O–H groups in total. The Hall–Kier alpha value is -0.890. The van der Waals surface area contributed by atoms with Gasteiger partial charge in [0.05, 0.1) is 23.9 Å². The first-order valence-corrected chi connectivity index (χ1v) is 7.60. The summed E-state index contributed by atoms with van der Waals surface area (Å²) in [6.07, 6.45) is 3.44. The number of rotatable bonds is 5. The van der Waals surface area contributed by atoms with E-state index in [0.717, 1.165) is 20.4 Å². The summed E-state index contributed by atoms with van der Waals surface area (Å²) in [5.41, 5.74) is 4.70. The molecule has 20 heavy (non-hydrogen) atoms. The maximum Gasteiger partial charge on any atom is 0.137 e. The SMILES string of the molecule is CCOc1cncc(C(NN)c2ccc(I)c(Cl)c2)c1. The molecule has 1 atom stereocenters. The van der Waals surface area contributed by atoms with Crippen LogP contribution < -0.4 is 16.0 Å². The maximum absolute atomic E-state index is 6.17. The number of nitrogens with two attached hydrogens (primary N) is 1. The predicted molar refractivity (Wildman–Crippen MR) is 88.7 cm³/mol. The number of hydrogen-bond donors (Lipinski definition) is 2. The van der Waals surface area contributed by atoms with Crippen LogP contribution in [0.1, 0.15) is 24.1 Å². The predicted octanol–water partition coefficient (Wildman–Crippen LogP) is 3.29. The standard InChI is InChI=1S/C14H15ClIN3O/c1-2-20-11-5-10(7-18-8-11)14(19-17)9-3-4-13(16)12(15)6-9/h3-8,14,19H,2,17H2,1H3. The molecule has 0 radical (unpaired) electrons. The molecule has 0 fully saturated rings. The summed E-state index contributed by atoms with van der Waals surface area (Å²) in [6, 6.07) is 7.60. The van der Waals surface area contributed by atoms with Gasteiger partial charge in [-0.05, 0) is 58.8 Å². The fourth-order valence-corrected chi connectivity index (χ4v) is 2.44. The smallest absolute Gasteiger partial charge is 0.137 e. The van der Waals surface area contributed by atoms with Crippen molar-refractivity contribution in [1.29, 1.82) is 0 Å². The Labute approximate surface area is 136 Å². The molecule has 2 rings (SSSR count). The van der Waals surface area contributed by atoms with E-state index in [-0.39, 0.29) is 6.04 Å². The van der Waals surface area contributed by atoms with Crippen LogP contribution in [0, 0.1) is 3.57 Å². The van der Waals surface area contributed by atoms with Gasteiger partial charge in [0.2, 0.25) is 0 Å². The number of pyridine rings is 1. The highest BCUT2D eigenvalue weighted by molar-refractivity contribution is 14.1. The second kappa shape index (κ2) is 7.21. The highest BCUT2D eigenvalue weighted by atomic mass is 127. The lowest BCUT2D eigenvalue weighted by Gasteiger charge is -2.18. The number of hydrazine groups is 1. The Morgan fingerprint density at radius 1 is 1.35 bits per heavy atom. The van der Waals surface area contributed by atoms with Crippen LogP contribution in [-0.4, -0.2) is 11.6 Å². The summed E-state index contributed by atoms with van der Waals surface area (Å²) in [6.45, 7) is 2.53. The molecule has 0 saturated carbocycles. The molecule has 1 aromatic heterocycles. The van der Waals surface area contributed by atoms with Crippen molar-refractivity contribution in [3.05, 3.63) is 56.4 Å². The summed E-state index contributed by atoms with van der Waals surface area (Å²) in [5, 5.41) is 0.706. The third kappa shape index (κ3) is 3.60. The lowest BCUT2D eigenvalue weighted by atomic mass is 10.0. The van der Waals surface area contributed by atoms with E-state index in [1.807, 2.05) is 31.2 Å². The Morgan fingerprint density at radius 3 is 2.80 bits per heavy atom. The van der Waals surface area contributed by atoms with Crippen LogP contribution in [0.3, 0.4) is 0 Å². The molecule has 1 heterocycles. The Bertz CT molecular complexity index is 594. The average molecular weight is 404 g/mol. The van der Waals surface area contributed by atoms with Gasteiger partial charge in [-0.1, -0.05) is 17.7 Å². The van der Waals surface area contributed by atoms with E-state index in [9.17, 15) is 0 Å². The van der Waals surface area contributed by atoms with Crippen LogP contribution in [-0.2, 0) is 0 Å². The summed E-state index contributed by atoms with van der Waals surface area (Å²) >= 11 is 8.36. The van der Waals surface area contributed by atoms with Crippen molar-refractivity contribution in [2.45, 2.75) is 13.0 Å². The van der Waals surface area contributed by atoms with E-state index in [0.29, 0.717) is 11.6 Å². The molecule has 2 aromatic rings. The van der Waals surface area contributed by atoms with E-state index >= 15 is 0 Å². The van der Waals surface area contributed by atoms with Crippen LogP contribution in [0.4, 0.5) is 0 Å². The Balaban J connectivity index is 2.36. The van der Waals surface area contributed by atoms with Gasteiger partial charge in [0.15, 0.2) is 0 Å². The van der Waals surface area contributed by atoms with E-state index in [1.54, 1.807) is 12.4 Å². The van der Waals surface area contributed by atoms with E-state index in [4.69, 9.17) is 22.2 Å². The quantitative estimate of drug-likeness (QED) is 0.457. The van der Waals surface area contributed by atoms with E-state index < -0.39 is 0 Å². The van der Waals surface area contributed by atoms with Crippen LogP contribution in [0.15, 0.2) is 36.7 Å². The zero-order valence-corrected chi connectivity index (χ0v) is 13.9. The molecule has 1 aromatic carbocycles. The average Bonchev–Trinajstić information content (AvgIpc) is 2.44. The van der Waals surface area contributed by atoms with Gasteiger partial charge >= 0.3 is 0 Å². The lowest BCUT2D eigenvalue weighted by Crippen LogP contribution is -2.29. The highest BCUT2D eigenvalue weighted by Gasteiger charge is 2.14. The van der Waals surface area contributed by atoms with Crippen molar-refractivity contribution in [1.82, 2.24) is 10.4 Å². The minimum atomic E-state index is -0.183. The lowest BCUT2D eigenvalue weighted by molar-refractivity contribution is 0.338. The number of aromatic nitrogens is 1. The van der Waals surface area contributed by atoms with Gasteiger partial charge in [0, 0.05) is 9.77 Å². The fraction of sp³-hybridized carbons (Fsp3) is 0.214. The van der Waals surface area contributed by atoms with Crippen LogP contribution in [0.2, 0.25) is 5.02 Å². The summed E-state index contributed by atoms with van der Waals surface area (Å²) < 4.78 is 6.47. The first-order chi connectivity index (χ1) is 9.65. The fourth-order valence-electron chi connectivity index (χ4n) is 1.92. The van der Waals surface area contributed by atoms with Gasteiger partial charge in [-0.25, -0.2) is 5.43 Å². The zero-order chi connectivity index (χ0) is 14.5. The summed E-state index contributed by atoms with van der Waals surface area (Å²) in [5.74, 6) is 6.41. The topological polar surface area (TPSA) is 60.2 Å². The molecule has 0 amide bonds. The Morgan fingerprint density at radius 2 is 2.15 bits per heavy atom. The number of halogens is 2. The van der Waals surface area contributed by atoms with Crippen molar-refractivity contribution in [3.8, 4) is 5.75 Å². The summed E-state index contributed by atoms with van der Waals surface area (Å²) in [7, 11) is 0. The van der Waals surface area contributed by atoms with Gasteiger partial charge in [0.1, 0.15) is 5.75 Å². The molecule has 4 nitrogen and oxygen atoms in total. The van der Waals surface area contributed by atoms with Gasteiger partial charge in [-0.3, -0.25) is 10.8 Å². The van der Waals surface area contributed by atoms with Gasteiger partial charge in [0.25, 0.3) is 0 Å². The van der Waals surface area contributed by atoms with Crippen molar-refractivity contribution in [2.75, 3.05) is 6.61 Å². The highest BCUT2D eigenvalue weighted by Crippen LogP contribution is 2.28. The van der Waals surface area contributed by atoms with Crippen molar-refractivity contribution >= 4 is 34.2 Å². The second-order valence-corrected chi connectivity index (χ2v) is 5.73. The molecule has 0 saturated heterocycles. The molecule has 0 aliphatic rings. The van der Waals surface area contributed by atoms with E-state index in [2.05, 4.69) is 33.0 Å². The van der Waals surface area contributed by atoms with Crippen LogP contribution in [0.25, 0.3) is 0 Å². The minimum Gasteiger partial charge on any atom is -0.492 e. The number of nitrogens with one attached hydrogen (secondary N) is 1. The van der Waals surface area contributed by atoms with Crippen molar-refractivity contribution in [3.63, 3.8) is 0 Å². The molecular weight excluding hydrogens is 389 g/mol. The molecule has 0 spiro atoms. The maximum atomic E-state index is 6.17. The molecule has 1 unspecified atom stereocenters. The number of benzene rings is 1. The van der Waals surface area contributed by atoms with Crippen LogP contribution >= 0.6 is 34.2 Å². The van der Waals surface area contributed by atoms with Gasteiger partial charge in [-0.15, -0.1) is 0 Å². The molecule has 0 aliphatic carbocycles. The summed E-state index contributed by atoms with van der Waals surface area (Å²) in [4.78, 5) is 4.18. The molecular formula is C14H15ClIN3O. The third-order valence-electron chi connectivity index (χ3n) is 2.82. The molecule has 6 heteroatoms. The number of ether oxygens (including phenoxy) is 1. The molecule has 0 aliphatic heterocycles. The zero-order valence-electron chi connectivity index (χ0n) is 10.9. The van der Waals surface area contributed by atoms with Crippen LogP contribution in [0.5, 0.6) is 5.75 Å². The first-order valence-electron chi connectivity index (χ1n) is 6.14. The molecule has 0 bridgehead atoms. The van der Waals surface area contributed by atoms with Crippen molar-refractivity contribution in [2.24, 2.45) is 5.84 Å². The first kappa shape index (κ1) is 15.5. The number of hydrogen-bond acceptors (Lipinski definition) is 4. The molecule has 106 valence electrons. The minimum absolute atomic E-state index is 0.183. The Kier molecular flexibility index (Phi) is 5.59. The third-order valence-corrected chi connectivity index (χ3v) is 4.39. The largest absolute Gasteiger partial charge is 0.492 e. The van der Waals surface area contributed by atoms with E-state index in [1.165, 1.54) is 0 Å². The van der Waals surface area contributed by atoms with Gasteiger partial charge in [-0.2, -0.15) is 0 Å². The number of nitrogens with zero attached hydrogens (tertiary/aromatic N) is 1. The van der Waals surface area contributed by atoms with Crippen molar-refractivity contribution < 1.29 is 4.74 Å². The monoisotopic (exact) mass is 403 g/mol. The second-order valence-electron chi connectivity index (χ2n) is 4.16. The van der Waals surface area contributed by atoms with Gasteiger partial charge < -0.3 is 4.74 Å².